The maximum absolute atomic E-state index is 13.7. The average Bonchev–Trinajstić information content (AvgIpc) is 3.75. The number of nitrogens with one attached hydrogen (secondary N) is 1. The van der Waals surface area contributed by atoms with Crippen LogP contribution in [0.25, 0.3) is 22.2 Å². The number of rotatable bonds is 9. The lowest BCUT2D eigenvalue weighted by atomic mass is 10.0. The van der Waals surface area contributed by atoms with Crippen molar-refractivity contribution >= 4 is 22.4 Å². The molecular formula is C30H29F6N5. The van der Waals surface area contributed by atoms with Gasteiger partial charge in [-0.15, -0.1) is 0 Å². The van der Waals surface area contributed by atoms with Crippen LogP contribution in [-0.2, 0) is 12.4 Å². The van der Waals surface area contributed by atoms with Crippen LogP contribution in [-0.4, -0.2) is 32.9 Å². The standard InChI is InChI=1S/C30H29F6N5/c1-3-15-41(17-19-6-7-19)18(2)27-39-25-16-20(26-24(30(34,35)36)5-4-14-37-26)8-13-23(25)28(40-27)38-22-11-9-21(10-12-22)29(31,32)33/h4-5,8-14,16,18-19H,3,6-7,15,17H2,1-2H3,(H,38,39,40). The predicted octanol–water partition coefficient (Wildman–Crippen LogP) is 8.66. The van der Waals surface area contributed by atoms with Crippen LogP contribution in [0, 0.1) is 5.92 Å². The summed E-state index contributed by atoms with van der Waals surface area (Å²) in [5.74, 6) is 1.43. The third kappa shape index (κ3) is 6.61. The monoisotopic (exact) mass is 573 g/mol. The second-order valence-corrected chi connectivity index (χ2v) is 10.4. The van der Waals surface area contributed by atoms with Gasteiger partial charge >= 0.3 is 12.4 Å². The van der Waals surface area contributed by atoms with Crippen LogP contribution >= 0.6 is 0 Å². The van der Waals surface area contributed by atoms with E-state index in [0.717, 1.165) is 37.7 Å². The molecule has 2 aromatic carbocycles. The molecule has 1 atom stereocenters. The second kappa shape index (κ2) is 11.3. The molecule has 216 valence electrons. The maximum Gasteiger partial charge on any atom is 0.418 e. The van der Waals surface area contributed by atoms with Gasteiger partial charge in [0.15, 0.2) is 0 Å². The van der Waals surface area contributed by atoms with E-state index in [-0.39, 0.29) is 17.3 Å². The van der Waals surface area contributed by atoms with Gasteiger partial charge in [0.05, 0.1) is 28.4 Å². The molecule has 2 heterocycles. The molecule has 1 N–H and O–H groups in total. The summed E-state index contributed by atoms with van der Waals surface area (Å²) in [7, 11) is 0. The van der Waals surface area contributed by atoms with Crippen molar-refractivity contribution in [2.24, 2.45) is 5.92 Å². The van der Waals surface area contributed by atoms with E-state index in [2.05, 4.69) is 22.1 Å². The van der Waals surface area contributed by atoms with Crippen molar-refractivity contribution in [1.82, 2.24) is 19.9 Å². The average molecular weight is 574 g/mol. The van der Waals surface area contributed by atoms with Gasteiger partial charge in [-0.1, -0.05) is 13.0 Å². The maximum atomic E-state index is 13.7. The zero-order valence-electron chi connectivity index (χ0n) is 22.5. The lowest BCUT2D eigenvalue weighted by Crippen LogP contribution is -2.31. The number of benzene rings is 2. The fourth-order valence-corrected chi connectivity index (χ4v) is 4.85. The van der Waals surface area contributed by atoms with E-state index in [1.54, 1.807) is 12.1 Å². The highest BCUT2D eigenvalue weighted by Gasteiger charge is 2.34. The predicted molar refractivity (Wildman–Crippen MR) is 146 cm³/mol. The van der Waals surface area contributed by atoms with Gasteiger partial charge in [0, 0.05) is 29.4 Å². The molecule has 1 fully saturated rings. The van der Waals surface area contributed by atoms with Gasteiger partial charge in [-0.3, -0.25) is 9.88 Å². The van der Waals surface area contributed by atoms with Crippen LogP contribution in [0.4, 0.5) is 37.8 Å². The first-order valence-electron chi connectivity index (χ1n) is 13.5. The van der Waals surface area contributed by atoms with Crippen molar-refractivity contribution in [3.05, 3.63) is 77.7 Å². The third-order valence-corrected chi connectivity index (χ3v) is 7.20. The van der Waals surface area contributed by atoms with Crippen LogP contribution < -0.4 is 5.32 Å². The summed E-state index contributed by atoms with van der Waals surface area (Å²) in [6.07, 6.45) is -4.50. The molecular weight excluding hydrogens is 544 g/mol. The molecule has 4 aromatic rings. The minimum Gasteiger partial charge on any atom is -0.340 e. The van der Waals surface area contributed by atoms with Gasteiger partial charge in [-0.2, -0.15) is 26.3 Å². The molecule has 0 aliphatic heterocycles. The number of hydrogen-bond donors (Lipinski definition) is 1. The first kappa shape index (κ1) is 28.8. The third-order valence-electron chi connectivity index (χ3n) is 7.20. The van der Waals surface area contributed by atoms with Crippen LogP contribution in [0.2, 0.25) is 0 Å². The molecule has 1 aliphatic carbocycles. The Labute approximate surface area is 233 Å². The summed E-state index contributed by atoms with van der Waals surface area (Å²) < 4.78 is 80.5. The summed E-state index contributed by atoms with van der Waals surface area (Å²) in [4.78, 5) is 15.9. The highest BCUT2D eigenvalue weighted by molar-refractivity contribution is 5.93. The summed E-state index contributed by atoms with van der Waals surface area (Å²) in [6.45, 7) is 5.79. The number of halogens is 6. The summed E-state index contributed by atoms with van der Waals surface area (Å²) >= 11 is 0. The van der Waals surface area contributed by atoms with Gasteiger partial charge in [0.2, 0.25) is 0 Å². The van der Waals surface area contributed by atoms with Gasteiger partial charge < -0.3 is 5.32 Å². The number of nitrogens with zero attached hydrogens (tertiary/aromatic N) is 4. The highest BCUT2D eigenvalue weighted by Crippen LogP contribution is 2.38. The van der Waals surface area contributed by atoms with Gasteiger partial charge in [-0.25, -0.2) is 9.97 Å². The van der Waals surface area contributed by atoms with Gasteiger partial charge in [0.25, 0.3) is 0 Å². The topological polar surface area (TPSA) is 53.9 Å². The molecule has 0 spiro atoms. The van der Waals surface area contributed by atoms with Crippen LogP contribution in [0.15, 0.2) is 60.8 Å². The zero-order chi connectivity index (χ0) is 29.4. The molecule has 0 saturated heterocycles. The Morgan fingerprint density at radius 2 is 1.68 bits per heavy atom. The van der Waals surface area contributed by atoms with Crippen molar-refractivity contribution in [3.8, 4) is 11.3 Å². The Bertz CT molecular complexity index is 1510. The van der Waals surface area contributed by atoms with E-state index in [9.17, 15) is 26.3 Å². The van der Waals surface area contributed by atoms with E-state index in [0.29, 0.717) is 34.2 Å². The molecule has 1 aliphatic rings. The largest absolute Gasteiger partial charge is 0.418 e. The summed E-state index contributed by atoms with van der Waals surface area (Å²) in [5.41, 5.74) is -0.826. The second-order valence-electron chi connectivity index (χ2n) is 10.4. The van der Waals surface area contributed by atoms with E-state index >= 15 is 0 Å². The fourth-order valence-electron chi connectivity index (χ4n) is 4.85. The van der Waals surface area contributed by atoms with E-state index < -0.39 is 23.5 Å². The lowest BCUT2D eigenvalue weighted by Gasteiger charge is -2.28. The van der Waals surface area contributed by atoms with Crippen molar-refractivity contribution in [3.63, 3.8) is 0 Å². The number of anilines is 2. The Morgan fingerprint density at radius 3 is 2.32 bits per heavy atom. The molecule has 1 saturated carbocycles. The number of fused-ring (bicyclic) bond motifs is 1. The molecule has 1 unspecified atom stereocenters. The van der Waals surface area contributed by atoms with Gasteiger partial charge in [-0.05, 0) is 87.2 Å². The van der Waals surface area contributed by atoms with Crippen molar-refractivity contribution < 1.29 is 26.3 Å². The zero-order valence-corrected chi connectivity index (χ0v) is 22.5. The molecule has 41 heavy (non-hydrogen) atoms. The fraction of sp³-hybridized carbons (Fsp3) is 0.367. The number of alkyl halides is 6. The number of pyridine rings is 1. The SMILES string of the molecule is CCCN(CC1CC1)C(C)c1nc(Nc2ccc(C(F)(F)F)cc2)c2ccc(-c3ncccc3C(F)(F)F)cc2n1. The molecule has 5 rings (SSSR count). The Balaban J connectivity index is 1.60. The van der Waals surface area contributed by atoms with Crippen LogP contribution in [0.5, 0.6) is 0 Å². The quantitative estimate of drug-likeness (QED) is 0.203. The lowest BCUT2D eigenvalue weighted by molar-refractivity contribution is -0.138. The minimum atomic E-state index is -4.59. The summed E-state index contributed by atoms with van der Waals surface area (Å²) in [6, 6.07) is 11.3. The normalized spacial score (nSPS) is 15.0. The molecule has 5 nitrogen and oxygen atoms in total. The Morgan fingerprint density at radius 1 is 0.951 bits per heavy atom. The van der Waals surface area contributed by atoms with Crippen LogP contribution in [0.3, 0.4) is 0 Å². The van der Waals surface area contributed by atoms with E-state index in [1.807, 2.05) is 6.92 Å². The van der Waals surface area contributed by atoms with Crippen LogP contribution in [0.1, 0.15) is 56.1 Å². The van der Waals surface area contributed by atoms with Crippen molar-refractivity contribution in [1.29, 1.82) is 0 Å². The van der Waals surface area contributed by atoms with Crippen molar-refractivity contribution in [2.75, 3.05) is 18.4 Å². The molecule has 0 amide bonds. The van der Waals surface area contributed by atoms with Gasteiger partial charge in [0.1, 0.15) is 11.6 Å². The smallest absolute Gasteiger partial charge is 0.340 e. The first-order valence-corrected chi connectivity index (χ1v) is 13.5. The molecule has 11 heteroatoms. The first-order chi connectivity index (χ1) is 19.4. The summed E-state index contributed by atoms with van der Waals surface area (Å²) in [5, 5.41) is 3.62. The Kier molecular flexibility index (Phi) is 7.91. The Hall–Kier alpha value is -3.73. The van der Waals surface area contributed by atoms with E-state index in [4.69, 9.17) is 9.97 Å². The van der Waals surface area contributed by atoms with E-state index in [1.165, 1.54) is 43.3 Å². The molecule has 0 radical (unpaired) electrons. The van der Waals surface area contributed by atoms with Crippen molar-refractivity contribution in [2.45, 2.75) is 51.5 Å². The number of hydrogen-bond acceptors (Lipinski definition) is 5. The molecule has 0 bridgehead atoms. The highest BCUT2D eigenvalue weighted by atomic mass is 19.4. The number of aromatic nitrogens is 3. The molecule has 2 aromatic heterocycles. The minimum absolute atomic E-state index is 0.197.